The molecule has 2 aromatic rings. The highest BCUT2D eigenvalue weighted by atomic mass is 127. The Morgan fingerprint density at radius 3 is 2.18 bits per heavy atom. The highest BCUT2D eigenvalue weighted by Crippen LogP contribution is 2.30. The Morgan fingerprint density at radius 1 is 1.11 bits per heavy atom. The highest BCUT2D eigenvalue weighted by Gasteiger charge is 2.31. The number of ether oxygens (including phenoxy) is 1. The fourth-order valence-corrected chi connectivity index (χ4v) is 2.81. The van der Waals surface area contributed by atoms with E-state index in [1.807, 2.05) is 12.1 Å². The van der Waals surface area contributed by atoms with E-state index in [1.54, 1.807) is 12.1 Å². The standard InChI is InChI=1S/C19H17F3INO4/c1-28-18(27)15(10-11-2-8-14(23)9-3-11)24-17(26)16(25)12-4-6-13(7-5-12)19(20,21)22/h2-9,15-16,25H,10H2,1H3,(H,24,26)/t15-,16-/m1/s1. The van der Waals surface area contributed by atoms with Gasteiger partial charge in [0.05, 0.1) is 12.7 Å². The molecule has 0 spiro atoms. The summed E-state index contributed by atoms with van der Waals surface area (Å²) in [4.78, 5) is 24.3. The lowest BCUT2D eigenvalue weighted by atomic mass is 10.0. The predicted molar refractivity (Wildman–Crippen MR) is 103 cm³/mol. The summed E-state index contributed by atoms with van der Waals surface area (Å²) < 4.78 is 43.5. The van der Waals surface area contributed by atoms with Crippen molar-refractivity contribution in [2.24, 2.45) is 0 Å². The number of hydrogen-bond donors (Lipinski definition) is 2. The molecule has 0 bridgehead atoms. The first-order valence-electron chi connectivity index (χ1n) is 8.09. The van der Waals surface area contributed by atoms with Gasteiger partial charge in [0.2, 0.25) is 0 Å². The third kappa shape index (κ3) is 5.93. The van der Waals surface area contributed by atoms with Gasteiger partial charge in [0.15, 0.2) is 6.10 Å². The van der Waals surface area contributed by atoms with E-state index < -0.39 is 35.8 Å². The van der Waals surface area contributed by atoms with Crippen molar-refractivity contribution in [1.29, 1.82) is 0 Å². The topological polar surface area (TPSA) is 75.6 Å². The van der Waals surface area contributed by atoms with Crippen molar-refractivity contribution in [3.63, 3.8) is 0 Å². The number of aliphatic hydroxyl groups excluding tert-OH is 1. The molecule has 9 heteroatoms. The summed E-state index contributed by atoms with van der Waals surface area (Å²) in [6.45, 7) is 0. The molecular formula is C19H17F3INO4. The van der Waals surface area contributed by atoms with E-state index in [4.69, 9.17) is 0 Å². The number of carbonyl (C=O) groups is 2. The van der Waals surface area contributed by atoms with Crippen molar-refractivity contribution in [3.05, 3.63) is 68.8 Å². The number of halogens is 4. The van der Waals surface area contributed by atoms with Crippen LogP contribution in [0.5, 0.6) is 0 Å². The number of rotatable bonds is 6. The molecule has 0 aromatic heterocycles. The smallest absolute Gasteiger partial charge is 0.416 e. The summed E-state index contributed by atoms with van der Waals surface area (Å²) in [6.07, 6.45) is -6.12. The van der Waals surface area contributed by atoms with Crippen molar-refractivity contribution in [3.8, 4) is 0 Å². The Kier molecular flexibility index (Phi) is 7.41. The molecular weight excluding hydrogens is 490 g/mol. The molecule has 1 amide bonds. The van der Waals surface area contributed by atoms with Gasteiger partial charge in [-0.15, -0.1) is 0 Å². The molecule has 0 aliphatic rings. The minimum absolute atomic E-state index is 0.0246. The number of nitrogens with one attached hydrogen (secondary N) is 1. The van der Waals surface area contributed by atoms with Crippen LogP contribution in [-0.2, 0) is 26.9 Å². The fourth-order valence-electron chi connectivity index (χ4n) is 2.45. The van der Waals surface area contributed by atoms with Gasteiger partial charge < -0.3 is 15.2 Å². The van der Waals surface area contributed by atoms with Gasteiger partial charge in [-0.1, -0.05) is 24.3 Å². The number of amides is 1. The van der Waals surface area contributed by atoms with Crippen LogP contribution in [0.15, 0.2) is 48.5 Å². The number of alkyl halides is 3. The average Bonchev–Trinajstić information content (AvgIpc) is 2.67. The summed E-state index contributed by atoms with van der Waals surface area (Å²) in [6, 6.07) is 9.77. The minimum atomic E-state index is -4.52. The zero-order chi connectivity index (χ0) is 20.9. The van der Waals surface area contributed by atoms with Crippen molar-refractivity contribution < 1.29 is 32.6 Å². The second-order valence-corrected chi connectivity index (χ2v) is 7.18. The van der Waals surface area contributed by atoms with Crippen LogP contribution in [0, 0.1) is 3.57 Å². The number of esters is 1. The molecule has 0 unspecified atom stereocenters. The second kappa shape index (κ2) is 9.37. The maximum atomic E-state index is 12.6. The van der Waals surface area contributed by atoms with Crippen LogP contribution < -0.4 is 5.32 Å². The molecule has 2 atom stereocenters. The van der Waals surface area contributed by atoms with Crippen molar-refractivity contribution in [2.75, 3.05) is 7.11 Å². The van der Waals surface area contributed by atoms with E-state index in [9.17, 15) is 27.9 Å². The summed E-state index contributed by atoms with van der Waals surface area (Å²) in [7, 11) is 1.17. The normalized spacial score (nSPS) is 13.5. The molecule has 0 fully saturated rings. The van der Waals surface area contributed by atoms with E-state index in [2.05, 4.69) is 32.6 Å². The molecule has 0 aliphatic heterocycles. The molecule has 150 valence electrons. The van der Waals surface area contributed by atoms with Crippen molar-refractivity contribution in [1.82, 2.24) is 5.32 Å². The van der Waals surface area contributed by atoms with Gasteiger partial charge in [-0.25, -0.2) is 4.79 Å². The number of methoxy groups -OCH3 is 1. The van der Waals surface area contributed by atoms with E-state index in [1.165, 1.54) is 7.11 Å². The predicted octanol–water partition coefficient (Wildman–Crippen LogP) is 3.24. The van der Waals surface area contributed by atoms with Crippen LogP contribution in [0.4, 0.5) is 13.2 Å². The lowest BCUT2D eigenvalue weighted by Gasteiger charge is -2.19. The number of benzene rings is 2. The van der Waals surface area contributed by atoms with E-state index in [0.717, 1.165) is 33.4 Å². The first kappa shape index (κ1) is 22.2. The first-order valence-corrected chi connectivity index (χ1v) is 9.17. The second-order valence-electron chi connectivity index (χ2n) is 5.94. The largest absolute Gasteiger partial charge is 0.467 e. The van der Waals surface area contributed by atoms with E-state index >= 15 is 0 Å². The van der Waals surface area contributed by atoms with E-state index in [0.29, 0.717) is 0 Å². The number of hydrogen-bond acceptors (Lipinski definition) is 4. The molecule has 2 aromatic carbocycles. The zero-order valence-corrected chi connectivity index (χ0v) is 16.8. The third-order valence-corrected chi connectivity index (χ3v) is 4.68. The maximum Gasteiger partial charge on any atom is 0.416 e. The molecule has 0 saturated carbocycles. The molecule has 5 nitrogen and oxygen atoms in total. The van der Waals surface area contributed by atoms with Crippen molar-refractivity contribution in [2.45, 2.75) is 24.7 Å². The Labute approximate surface area is 173 Å². The van der Waals surface area contributed by atoms with Crippen LogP contribution in [0.3, 0.4) is 0 Å². The molecule has 2 rings (SSSR count). The lowest BCUT2D eigenvalue weighted by Crippen LogP contribution is -2.45. The summed E-state index contributed by atoms with van der Waals surface area (Å²) in [5.41, 5.74) is -0.154. The molecule has 0 saturated heterocycles. The highest BCUT2D eigenvalue weighted by molar-refractivity contribution is 14.1. The third-order valence-electron chi connectivity index (χ3n) is 3.96. The number of aliphatic hydroxyl groups is 1. The summed E-state index contributed by atoms with van der Waals surface area (Å²) in [5.74, 6) is -1.62. The molecule has 0 aliphatic carbocycles. The van der Waals surface area contributed by atoms with Gasteiger partial charge >= 0.3 is 12.1 Å². The van der Waals surface area contributed by atoms with Gasteiger partial charge in [-0.3, -0.25) is 4.79 Å². The molecule has 0 heterocycles. The van der Waals surface area contributed by atoms with Crippen LogP contribution >= 0.6 is 22.6 Å². The minimum Gasteiger partial charge on any atom is -0.467 e. The van der Waals surface area contributed by atoms with Crippen molar-refractivity contribution >= 4 is 34.5 Å². The lowest BCUT2D eigenvalue weighted by molar-refractivity contribution is -0.146. The summed E-state index contributed by atoms with van der Waals surface area (Å²) >= 11 is 2.13. The average molecular weight is 507 g/mol. The van der Waals surface area contributed by atoms with Gasteiger partial charge in [-0.2, -0.15) is 13.2 Å². The van der Waals surface area contributed by atoms with Gasteiger partial charge in [0.1, 0.15) is 6.04 Å². The van der Waals surface area contributed by atoms with Crippen LogP contribution in [0.1, 0.15) is 22.8 Å². The Bertz CT molecular complexity index is 823. The zero-order valence-electron chi connectivity index (χ0n) is 14.7. The van der Waals surface area contributed by atoms with Crippen LogP contribution in [0.2, 0.25) is 0 Å². The van der Waals surface area contributed by atoms with E-state index in [-0.39, 0.29) is 12.0 Å². The fraction of sp³-hybridized carbons (Fsp3) is 0.263. The van der Waals surface area contributed by atoms with Crippen LogP contribution in [-0.4, -0.2) is 30.1 Å². The van der Waals surface area contributed by atoms with Crippen LogP contribution in [0.25, 0.3) is 0 Å². The number of carbonyl (C=O) groups excluding carboxylic acids is 2. The first-order chi connectivity index (χ1) is 13.1. The Hall–Kier alpha value is -2.14. The van der Waals surface area contributed by atoms with Gasteiger partial charge in [0, 0.05) is 9.99 Å². The maximum absolute atomic E-state index is 12.6. The monoisotopic (exact) mass is 507 g/mol. The summed E-state index contributed by atoms with van der Waals surface area (Å²) in [5, 5.41) is 12.5. The SMILES string of the molecule is COC(=O)[C@@H](Cc1ccc(I)cc1)NC(=O)[C@H](O)c1ccc(C(F)(F)F)cc1. The Morgan fingerprint density at radius 2 is 1.68 bits per heavy atom. The molecule has 2 N–H and O–H groups in total. The Balaban J connectivity index is 2.11. The van der Waals surface area contributed by atoms with Gasteiger partial charge in [0.25, 0.3) is 5.91 Å². The molecule has 28 heavy (non-hydrogen) atoms. The molecule has 0 radical (unpaired) electrons. The quantitative estimate of drug-likeness (QED) is 0.465. The van der Waals surface area contributed by atoms with Gasteiger partial charge in [-0.05, 0) is 58.0 Å².